The minimum Gasteiger partial charge on any atom is -0.343 e. The number of halogens is 1. The summed E-state index contributed by atoms with van der Waals surface area (Å²) in [4.78, 5) is 26.3. The van der Waals surface area contributed by atoms with Crippen LogP contribution in [0.15, 0.2) is 12.1 Å². The van der Waals surface area contributed by atoms with Crippen LogP contribution < -0.4 is 5.32 Å². The number of hydrogen-bond donors (Lipinski definition) is 1. The zero-order valence-corrected chi connectivity index (χ0v) is 11.7. The molecule has 6 heteroatoms. The lowest BCUT2D eigenvalue weighted by Crippen LogP contribution is -2.58. The summed E-state index contributed by atoms with van der Waals surface area (Å²) < 4.78 is 0.749. The molecule has 1 N–H and O–H groups in total. The second-order valence-electron chi connectivity index (χ2n) is 4.24. The quantitative estimate of drug-likeness (QED) is 0.915. The van der Waals surface area contributed by atoms with E-state index in [9.17, 15) is 9.59 Å². The molecule has 1 unspecified atom stereocenters. The van der Waals surface area contributed by atoms with E-state index in [0.717, 1.165) is 15.6 Å². The van der Waals surface area contributed by atoms with Gasteiger partial charge in [-0.15, -0.1) is 11.3 Å². The Kier molecular flexibility index (Phi) is 4.24. The molecule has 0 saturated carbocycles. The highest BCUT2D eigenvalue weighted by Crippen LogP contribution is 2.22. The van der Waals surface area contributed by atoms with Crippen LogP contribution in [0.1, 0.15) is 18.2 Å². The standard InChI is InChI=1S/C12H15ClN2O2S/c1-2-9-12(17)15(7-11(16)14-9)6-5-8-3-4-10(13)18-8/h3-4,9H,2,5-7H2,1H3,(H,14,16). The SMILES string of the molecule is CCC1NC(=O)CN(CCc2ccc(Cl)s2)C1=O. The number of piperazine rings is 1. The molecular weight excluding hydrogens is 272 g/mol. The number of amides is 2. The van der Waals surface area contributed by atoms with Crippen molar-refractivity contribution in [1.29, 1.82) is 0 Å². The molecule has 18 heavy (non-hydrogen) atoms. The van der Waals surface area contributed by atoms with Crippen LogP contribution in [0.25, 0.3) is 0 Å². The second kappa shape index (κ2) is 5.71. The fraction of sp³-hybridized carbons (Fsp3) is 0.500. The summed E-state index contributed by atoms with van der Waals surface area (Å²) in [5, 5.41) is 2.70. The lowest BCUT2D eigenvalue weighted by molar-refractivity contribution is -0.144. The first-order valence-electron chi connectivity index (χ1n) is 5.92. The van der Waals surface area contributed by atoms with Gasteiger partial charge in [-0.05, 0) is 25.0 Å². The van der Waals surface area contributed by atoms with E-state index in [2.05, 4.69) is 5.32 Å². The molecule has 1 aromatic rings. The van der Waals surface area contributed by atoms with Gasteiger partial charge in [0.25, 0.3) is 0 Å². The van der Waals surface area contributed by atoms with Gasteiger partial charge in [-0.1, -0.05) is 18.5 Å². The maximum absolute atomic E-state index is 12.0. The van der Waals surface area contributed by atoms with Gasteiger partial charge in [-0.25, -0.2) is 0 Å². The molecule has 1 atom stereocenters. The largest absolute Gasteiger partial charge is 0.343 e. The highest BCUT2D eigenvalue weighted by atomic mass is 35.5. The summed E-state index contributed by atoms with van der Waals surface area (Å²) in [6.07, 6.45) is 1.37. The molecule has 0 aliphatic carbocycles. The minimum atomic E-state index is -0.363. The molecule has 0 aromatic carbocycles. The first-order chi connectivity index (χ1) is 8.60. The average molecular weight is 287 g/mol. The molecule has 1 saturated heterocycles. The predicted molar refractivity (Wildman–Crippen MR) is 71.8 cm³/mol. The van der Waals surface area contributed by atoms with E-state index >= 15 is 0 Å². The third kappa shape index (κ3) is 3.03. The van der Waals surface area contributed by atoms with Crippen molar-refractivity contribution in [3.63, 3.8) is 0 Å². The Balaban J connectivity index is 1.95. The van der Waals surface area contributed by atoms with Crippen molar-refractivity contribution >= 4 is 34.8 Å². The molecule has 4 nitrogen and oxygen atoms in total. The average Bonchev–Trinajstić information content (AvgIpc) is 2.75. The number of nitrogens with one attached hydrogen (secondary N) is 1. The number of carbonyl (C=O) groups is 2. The maximum Gasteiger partial charge on any atom is 0.245 e. The zero-order chi connectivity index (χ0) is 13.1. The smallest absolute Gasteiger partial charge is 0.245 e. The Morgan fingerprint density at radius 3 is 2.89 bits per heavy atom. The summed E-state index contributed by atoms with van der Waals surface area (Å²) in [7, 11) is 0. The van der Waals surface area contributed by atoms with E-state index in [-0.39, 0.29) is 24.4 Å². The molecule has 2 rings (SSSR count). The maximum atomic E-state index is 12.0. The van der Waals surface area contributed by atoms with Crippen molar-refractivity contribution in [2.75, 3.05) is 13.1 Å². The van der Waals surface area contributed by atoms with E-state index in [0.29, 0.717) is 13.0 Å². The molecule has 1 fully saturated rings. The lowest BCUT2D eigenvalue weighted by Gasteiger charge is -2.31. The fourth-order valence-corrected chi connectivity index (χ4v) is 3.05. The molecular formula is C12H15ClN2O2S. The van der Waals surface area contributed by atoms with Crippen LogP contribution in [-0.4, -0.2) is 35.8 Å². The molecule has 2 heterocycles. The van der Waals surface area contributed by atoms with Gasteiger partial charge in [0, 0.05) is 11.4 Å². The van der Waals surface area contributed by atoms with E-state index in [4.69, 9.17) is 11.6 Å². The van der Waals surface area contributed by atoms with Crippen LogP contribution in [0.3, 0.4) is 0 Å². The van der Waals surface area contributed by atoms with Crippen molar-refractivity contribution in [2.45, 2.75) is 25.8 Å². The third-order valence-electron chi connectivity index (χ3n) is 2.94. The zero-order valence-electron chi connectivity index (χ0n) is 10.1. The Hall–Kier alpha value is -1.07. The highest BCUT2D eigenvalue weighted by molar-refractivity contribution is 7.16. The van der Waals surface area contributed by atoms with E-state index in [1.165, 1.54) is 11.3 Å². The van der Waals surface area contributed by atoms with Gasteiger partial charge in [0.15, 0.2) is 0 Å². The summed E-state index contributed by atoms with van der Waals surface area (Å²) >= 11 is 7.37. The minimum absolute atomic E-state index is 0.0137. The van der Waals surface area contributed by atoms with E-state index in [1.807, 2.05) is 19.1 Å². The Labute approximate surface area is 115 Å². The van der Waals surface area contributed by atoms with Gasteiger partial charge < -0.3 is 10.2 Å². The van der Waals surface area contributed by atoms with Crippen LogP contribution in [0.2, 0.25) is 4.34 Å². The molecule has 1 aliphatic heterocycles. The molecule has 1 aliphatic rings. The Morgan fingerprint density at radius 1 is 1.50 bits per heavy atom. The molecule has 0 bridgehead atoms. The van der Waals surface area contributed by atoms with Crippen molar-refractivity contribution in [2.24, 2.45) is 0 Å². The lowest BCUT2D eigenvalue weighted by atomic mass is 10.1. The van der Waals surface area contributed by atoms with Crippen LogP contribution in [0.5, 0.6) is 0 Å². The number of thiophene rings is 1. The predicted octanol–water partition coefficient (Wildman–Crippen LogP) is 1.68. The van der Waals surface area contributed by atoms with Crippen LogP contribution in [0.4, 0.5) is 0 Å². The van der Waals surface area contributed by atoms with Gasteiger partial charge >= 0.3 is 0 Å². The van der Waals surface area contributed by atoms with Crippen molar-refractivity contribution < 1.29 is 9.59 Å². The topological polar surface area (TPSA) is 49.4 Å². The van der Waals surface area contributed by atoms with Gasteiger partial charge in [0.05, 0.1) is 10.9 Å². The molecule has 98 valence electrons. The van der Waals surface area contributed by atoms with E-state index < -0.39 is 0 Å². The van der Waals surface area contributed by atoms with Crippen molar-refractivity contribution in [3.8, 4) is 0 Å². The monoisotopic (exact) mass is 286 g/mol. The summed E-state index contributed by atoms with van der Waals surface area (Å²) in [5.74, 6) is -0.0644. The van der Waals surface area contributed by atoms with Crippen LogP contribution in [0, 0.1) is 0 Å². The summed E-state index contributed by atoms with van der Waals surface area (Å²) in [5.41, 5.74) is 0. The molecule has 0 spiro atoms. The Morgan fingerprint density at radius 2 is 2.28 bits per heavy atom. The first-order valence-corrected chi connectivity index (χ1v) is 7.12. The second-order valence-corrected chi connectivity index (χ2v) is 6.04. The number of nitrogens with zero attached hydrogens (tertiary/aromatic N) is 1. The molecule has 2 amide bonds. The molecule has 1 aromatic heterocycles. The van der Waals surface area contributed by atoms with Crippen LogP contribution >= 0.6 is 22.9 Å². The number of rotatable bonds is 4. The van der Waals surface area contributed by atoms with Crippen molar-refractivity contribution in [3.05, 3.63) is 21.3 Å². The summed E-state index contributed by atoms with van der Waals surface area (Å²) in [6, 6.07) is 3.44. The highest BCUT2D eigenvalue weighted by Gasteiger charge is 2.30. The third-order valence-corrected chi connectivity index (χ3v) is 4.24. The van der Waals surface area contributed by atoms with Gasteiger partial charge in [0.2, 0.25) is 11.8 Å². The summed E-state index contributed by atoms with van der Waals surface area (Å²) in [6.45, 7) is 2.62. The first kappa shape index (κ1) is 13.4. The van der Waals surface area contributed by atoms with Gasteiger partial charge in [-0.3, -0.25) is 9.59 Å². The normalized spacial score (nSPS) is 20.1. The molecule has 0 radical (unpaired) electrons. The van der Waals surface area contributed by atoms with Gasteiger partial charge in [0.1, 0.15) is 6.04 Å². The number of carbonyl (C=O) groups excluding carboxylic acids is 2. The van der Waals surface area contributed by atoms with Crippen LogP contribution in [-0.2, 0) is 16.0 Å². The van der Waals surface area contributed by atoms with E-state index in [1.54, 1.807) is 4.90 Å². The number of hydrogen-bond acceptors (Lipinski definition) is 3. The fourth-order valence-electron chi connectivity index (χ4n) is 1.97. The van der Waals surface area contributed by atoms with Crippen molar-refractivity contribution in [1.82, 2.24) is 10.2 Å². The Bertz CT molecular complexity index is 461. The van der Waals surface area contributed by atoms with Gasteiger partial charge in [-0.2, -0.15) is 0 Å².